The smallest absolute Gasteiger partial charge is 0.262 e. The van der Waals surface area contributed by atoms with E-state index in [0.29, 0.717) is 10.6 Å². The number of hydrogen-bond donors (Lipinski definition) is 1. The number of sulfonamides is 1. The summed E-state index contributed by atoms with van der Waals surface area (Å²) in [5, 5.41) is 1.89. The van der Waals surface area contributed by atoms with Gasteiger partial charge in [0.05, 0.1) is 10.6 Å². The molecule has 0 unspecified atom stereocenters. The Labute approximate surface area is 137 Å². The molecule has 0 saturated carbocycles. The highest BCUT2D eigenvalue weighted by atomic mass is 32.2. The molecule has 3 rings (SSSR count). The third-order valence-corrected chi connectivity index (χ3v) is 5.58. The lowest BCUT2D eigenvalue weighted by Crippen LogP contribution is -2.16. The molecule has 118 valence electrons. The molecule has 0 aliphatic carbocycles. The van der Waals surface area contributed by atoms with Gasteiger partial charge in [-0.25, -0.2) is 8.42 Å². The molecule has 3 aromatic rings. The van der Waals surface area contributed by atoms with Crippen LogP contribution in [0.15, 0.2) is 59.5 Å². The van der Waals surface area contributed by atoms with Gasteiger partial charge in [-0.3, -0.25) is 4.72 Å². The zero-order valence-corrected chi connectivity index (χ0v) is 14.2. The standard InChI is InChI=1S/C19H19NO2S/c1-13-11-14(2)19(15(3)12-13)23(21,22)20-18-10-6-8-16-7-4-5-9-17(16)18/h4-12,20H,1-3H3. The molecular formula is C19H19NO2S. The zero-order valence-electron chi connectivity index (χ0n) is 13.4. The molecule has 0 amide bonds. The zero-order chi connectivity index (χ0) is 16.6. The van der Waals surface area contributed by atoms with E-state index in [1.807, 2.05) is 69.3 Å². The van der Waals surface area contributed by atoms with E-state index in [9.17, 15) is 8.42 Å². The van der Waals surface area contributed by atoms with Crippen LogP contribution in [-0.2, 0) is 10.0 Å². The molecule has 0 heterocycles. The van der Waals surface area contributed by atoms with Crippen molar-refractivity contribution in [2.75, 3.05) is 4.72 Å². The largest absolute Gasteiger partial charge is 0.279 e. The first-order valence-electron chi connectivity index (χ1n) is 7.47. The van der Waals surface area contributed by atoms with Crippen LogP contribution < -0.4 is 4.72 Å². The van der Waals surface area contributed by atoms with E-state index < -0.39 is 10.0 Å². The van der Waals surface area contributed by atoms with Crippen LogP contribution in [0.25, 0.3) is 10.8 Å². The second kappa shape index (κ2) is 5.70. The predicted octanol–water partition coefficient (Wildman–Crippen LogP) is 4.57. The van der Waals surface area contributed by atoms with Gasteiger partial charge in [-0.15, -0.1) is 0 Å². The normalized spacial score (nSPS) is 11.6. The molecule has 0 radical (unpaired) electrons. The highest BCUT2D eigenvalue weighted by Crippen LogP contribution is 2.28. The van der Waals surface area contributed by atoms with Gasteiger partial charge in [0.25, 0.3) is 10.0 Å². The quantitative estimate of drug-likeness (QED) is 0.767. The van der Waals surface area contributed by atoms with Crippen molar-refractivity contribution in [2.45, 2.75) is 25.7 Å². The van der Waals surface area contributed by atoms with E-state index in [-0.39, 0.29) is 0 Å². The van der Waals surface area contributed by atoms with E-state index >= 15 is 0 Å². The number of aryl methyl sites for hydroxylation is 3. The topological polar surface area (TPSA) is 46.2 Å². The Morgan fingerprint density at radius 3 is 2.13 bits per heavy atom. The Balaban J connectivity index is 2.12. The van der Waals surface area contributed by atoms with E-state index in [2.05, 4.69) is 4.72 Å². The summed E-state index contributed by atoms with van der Waals surface area (Å²) in [6.07, 6.45) is 0. The van der Waals surface area contributed by atoms with Gasteiger partial charge < -0.3 is 0 Å². The second-order valence-corrected chi connectivity index (χ2v) is 7.48. The van der Waals surface area contributed by atoms with Crippen molar-refractivity contribution in [3.63, 3.8) is 0 Å². The Hall–Kier alpha value is -2.33. The van der Waals surface area contributed by atoms with Crippen molar-refractivity contribution in [3.8, 4) is 0 Å². The van der Waals surface area contributed by atoms with E-state index in [1.54, 1.807) is 6.07 Å². The molecule has 3 nitrogen and oxygen atoms in total. The molecule has 23 heavy (non-hydrogen) atoms. The average molecular weight is 325 g/mol. The third kappa shape index (κ3) is 2.94. The summed E-state index contributed by atoms with van der Waals surface area (Å²) in [7, 11) is -3.63. The maximum atomic E-state index is 12.9. The summed E-state index contributed by atoms with van der Waals surface area (Å²) >= 11 is 0. The lowest BCUT2D eigenvalue weighted by molar-refractivity contribution is 0.600. The number of nitrogens with one attached hydrogen (secondary N) is 1. The van der Waals surface area contributed by atoms with Crippen LogP contribution in [0, 0.1) is 20.8 Å². The predicted molar refractivity (Wildman–Crippen MR) is 95.4 cm³/mol. The van der Waals surface area contributed by atoms with Crippen molar-refractivity contribution in [1.29, 1.82) is 0 Å². The fourth-order valence-corrected chi connectivity index (χ4v) is 4.64. The van der Waals surface area contributed by atoms with Gasteiger partial charge in [-0.05, 0) is 43.4 Å². The minimum Gasteiger partial charge on any atom is -0.279 e. The van der Waals surface area contributed by atoms with Gasteiger partial charge in [-0.1, -0.05) is 54.1 Å². The van der Waals surface area contributed by atoms with Gasteiger partial charge in [-0.2, -0.15) is 0 Å². The van der Waals surface area contributed by atoms with Crippen LogP contribution in [0.1, 0.15) is 16.7 Å². The fraction of sp³-hybridized carbons (Fsp3) is 0.158. The highest BCUT2D eigenvalue weighted by molar-refractivity contribution is 7.92. The van der Waals surface area contributed by atoms with E-state index in [4.69, 9.17) is 0 Å². The first-order valence-corrected chi connectivity index (χ1v) is 8.95. The number of benzene rings is 3. The van der Waals surface area contributed by atoms with Crippen molar-refractivity contribution < 1.29 is 8.42 Å². The minimum absolute atomic E-state index is 0.357. The molecule has 1 N–H and O–H groups in total. The molecule has 4 heteroatoms. The molecule has 0 aliphatic rings. The lowest BCUT2D eigenvalue weighted by atomic mass is 10.1. The first-order chi connectivity index (χ1) is 10.9. The van der Waals surface area contributed by atoms with Crippen LogP contribution in [0.2, 0.25) is 0 Å². The second-order valence-electron chi connectivity index (χ2n) is 5.86. The highest BCUT2D eigenvalue weighted by Gasteiger charge is 2.20. The minimum atomic E-state index is -3.63. The molecule has 0 bridgehead atoms. The average Bonchev–Trinajstić information content (AvgIpc) is 2.45. The first kappa shape index (κ1) is 15.6. The Kier molecular flexibility index (Phi) is 3.86. The maximum Gasteiger partial charge on any atom is 0.262 e. The van der Waals surface area contributed by atoms with Crippen LogP contribution in [0.3, 0.4) is 0 Å². The summed E-state index contributed by atoms with van der Waals surface area (Å²) in [5.74, 6) is 0. The van der Waals surface area contributed by atoms with Crippen molar-refractivity contribution in [3.05, 3.63) is 71.3 Å². The monoisotopic (exact) mass is 325 g/mol. The summed E-state index contributed by atoms with van der Waals surface area (Å²) in [5.41, 5.74) is 3.18. The molecule has 0 fully saturated rings. The van der Waals surface area contributed by atoms with Crippen molar-refractivity contribution in [1.82, 2.24) is 0 Å². The van der Waals surface area contributed by atoms with Gasteiger partial charge in [0.2, 0.25) is 0 Å². The van der Waals surface area contributed by atoms with Crippen LogP contribution in [0.4, 0.5) is 5.69 Å². The number of hydrogen-bond acceptors (Lipinski definition) is 2. The van der Waals surface area contributed by atoms with Gasteiger partial charge >= 0.3 is 0 Å². The SMILES string of the molecule is Cc1cc(C)c(S(=O)(=O)Nc2cccc3ccccc23)c(C)c1. The third-order valence-electron chi connectivity index (χ3n) is 3.91. The summed E-state index contributed by atoms with van der Waals surface area (Å²) in [6, 6.07) is 17.1. The molecule has 0 aromatic heterocycles. The molecule has 3 aromatic carbocycles. The summed E-state index contributed by atoms with van der Waals surface area (Å²) in [4.78, 5) is 0.357. The Morgan fingerprint density at radius 2 is 1.43 bits per heavy atom. The van der Waals surface area contributed by atoms with E-state index in [0.717, 1.165) is 27.5 Å². The Morgan fingerprint density at radius 1 is 0.826 bits per heavy atom. The van der Waals surface area contributed by atoms with Crippen LogP contribution in [-0.4, -0.2) is 8.42 Å². The molecule has 0 aliphatic heterocycles. The molecule has 0 atom stereocenters. The van der Waals surface area contributed by atoms with Crippen LogP contribution in [0.5, 0.6) is 0 Å². The lowest BCUT2D eigenvalue weighted by Gasteiger charge is -2.15. The van der Waals surface area contributed by atoms with Crippen LogP contribution >= 0.6 is 0 Å². The van der Waals surface area contributed by atoms with Gasteiger partial charge in [0.15, 0.2) is 0 Å². The van der Waals surface area contributed by atoms with Crippen molar-refractivity contribution >= 4 is 26.5 Å². The van der Waals surface area contributed by atoms with Gasteiger partial charge in [0, 0.05) is 5.39 Å². The van der Waals surface area contributed by atoms with E-state index in [1.165, 1.54) is 0 Å². The molecule has 0 saturated heterocycles. The fourth-order valence-electron chi connectivity index (χ4n) is 3.10. The number of anilines is 1. The van der Waals surface area contributed by atoms with Gasteiger partial charge in [0.1, 0.15) is 0 Å². The maximum absolute atomic E-state index is 12.9. The molecular weight excluding hydrogens is 306 g/mol. The summed E-state index contributed by atoms with van der Waals surface area (Å²) in [6.45, 7) is 5.63. The van der Waals surface area contributed by atoms with Crippen molar-refractivity contribution in [2.24, 2.45) is 0 Å². The molecule has 0 spiro atoms. The summed E-state index contributed by atoms with van der Waals surface area (Å²) < 4.78 is 28.5. The number of rotatable bonds is 3. The number of fused-ring (bicyclic) bond motifs is 1. The Bertz CT molecular complexity index is 963.